The topological polar surface area (TPSA) is 18.5 Å². The standard InChI is InChI=1S/C9H12O2S/c1-10-7-11-8-5-3-4-6-9(8)12-2/h3-6H,7H2,1-2H3. The first-order valence-electron chi connectivity index (χ1n) is 3.63. The molecule has 0 atom stereocenters. The van der Waals surface area contributed by atoms with E-state index in [9.17, 15) is 0 Å². The van der Waals surface area contributed by atoms with Crippen molar-refractivity contribution in [2.45, 2.75) is 4.90 Å². The summed E-state index contributed by atoms with van der Waals surface area (Å²) in [4.78, 5) is 1.13. The molecule has 0 saturated heterocycles. The van der Waals surface area contributed by atoms with E-state index in [0.717, 1.165) is 10.6 Å². The summed E-state index contributed by atoms with van der Waals surface area (Å²) in [7, 11) is 1.61. The third kappa shape index (κ3) is 2.43. The molecule has 0 spiro atoms. The Morgan fingerprint density at radius 2 is 2.08 bits per heavy atom. The van der Waals surface area contributed by atoms with Crippen LogP contribution < -0.4 is 4.74 Å². The van der Waals surface area contributed by atoms with E-state index in [2.05, 4.69) is 0 Å². The molecule has 0 aliphatic heterocycles. The van der Waals surface area contributed by atoms with Crippen molar-refractivity contribution in [2.24, 2.45) is 0 Å². The molecule has 2 nitrogen and oxygen atoms in total. The minimum absolute atomic E-state index is 0.303. The van der Waals surface area contributed by atoms with Gasteiger partial charge in [0.1, 0.15) is 5.75 Å². The van der Waals surface area contributed by atoms with Gasteiger partial charge in [-0.15, -0.1) is 11.8 Å². The monoisotopic (exact) mass is 184 g/mol. The zero-order valence-electron chi connectivity index (χ0n) is 7.24. The maximum Gasteiger partial charge on any atom is 0.188 e. The van der Waals surface area contributed by atoms with Crippen LogP contribution in [0.15, 0.2) is 29.2 Å². The molecule has 0 bridgehead atoms. The maximum absolute atomic E-state index is 5.33. The van der Waals surface area contributed by atoms with E-state index < -0.39 is 0 Å². The second kappa shape index (κ2) is 5.06. The molecule has 12 heavy (non-hydrogen) atoms. The van der Waals surface area contributed by atoms with Crippen molar-refractivity contribution in [3.63, 3.8) is 0 Å². The average Bonchev–Trinajstić information content (AvgIpc) is 2.15. The van der Waals surface area contributed by atoms with Crippen molar-refractivity contribution < 1.29 is 9.47 Å². The van der Waals surface area contributed by atoms with Crippen LogP contribution in [0.3, 0.4) is 0 Å². The van der Waals surface area contributed by atoms with Crippen molar-refractivity contribution in [3.05, 3.63) is 24.3 Å². The number of thioether (sulfide) groups is 1. The predicted octanol–water partition coefficient (Wildman–Crippen LogP) is 2.39. The smallest absolute Gasteiger partial charge is 0.188 e. The highest BCUT2D eigenvalue weighted by atomic mass is 32.2. The molecule has 0 unspecified atom stereocenters. The third-order valence-electron chi connectivity index (χ3n) is 1.40. The molecule has 0 N–H and O–H groups in total. The van der Waals surface area contributed by atoms with E-state index in [1.165, 1.54) is 0 Å². The molecule has 0 aromatic heterocycles. The summed E-state index contributed by atoms with van der Waals surface area (Å²) >= 11 is 1.67. The molecule has 3 heteroatoms. The molecular formula is C9H12O2S. The van der Waals surface area contributed by atoms with Gasteiger partial charge < -0.3 is 9.47 Å². The van der Waals surface area contributed by atoms with Crippen LogP contribution in [0.4, 0.5) is 0 Å². The van der Waals surface area contributed by atoms with Crippen LogP contribution in [0.5, 0.6) is 5.75 Å². The highest BCUT2D eigenvalue weighted by molar-refractivity contribution is 7.98. The Balaban J connectivity index is 2.68. The Bertz CT molecular complexity index is 238. The number of benzene rings is 1. The van der Waals surface area contributed by atoms with Gasteiger partial charge in [0, 0.05) is 12.0 Å². The van der Waals surface area contributed by atoms with E-state index >= 15 is 0 Å². The van der Waals surface area contributed by atoms with E-state index in [1.807, 2.05) is 30.5 Å². The lowest BCUT2D eigenvalue weighted by Crippen LogP contribution is -1.99. The Labute approximate surface area is 76.9 Å². The fraction of sp³-hybridized carbons (Fsp3) is 0.333. The van der Waals surface area contributed by atoms with Crippen molar-refractivity contribution in [2.75, 3.05) is 20.2 Å². The van der Waals surface area contributed by atoms with Gasteiger partial charge in [0.05, 0.1) is 0 Å². The summed E-state index contributed by atoms with van der Waals surface area (Å²) in [5, 5.41) is 0. The molecule has 1 aromatic rings. The van der Waals surface area contributed by atoms with Gasteiger partial charge in [0.25, 0.3) is 0 Å². The summed E-state index contributed by atoms with van der Waals surface area (Å²) in [5.74, 6) is 0.881. The van der Waals surface area contributed by atoms with E-state index in [4.69, 9.17) is 9.47 Å². The summed E-state index contributed by atoms with van der Waals surface area (Å²) in [5.41, 5.74) is 0. The van der Waals surface area contributed by atoms with Gasteiger partial charge in [-0.1, -0.05) is 12.1 Å². The first-order chi connectivity index (χ1) is 5.88. The summed E-state index contributed by atoms with van der Waals surface area (Å²) in [6, 6.07) is 7.90. The molecule has 0 aliphatic carbocycles. The van der Waals surface area contributed by atoms with Gasteiger partial charge in [-0.25, -0.2) is 0 Å². The van der Waals surface area contributed by atoms with Crippen LogP contribution in [0, 0.1) is 0 Å². The Hall–Kier alpha value is -0.670. The van der Waals surface area contributed by atoms with Crippen LogP contribution in [-0.2, 0) is 4.74 Å². The lowest BCUT2D eigenvalue weighted by Gasteiger charge is -2.07. The number of hydrogen-bond acceptors (Lipinski definition) is 3. The number of methoxy groups -OCH3 is 1. The minimum Gasteiger partial charge on any atom is -0.466 e. The average molecular weight is 184 g/mol. The predicted molar refractivity (Wildman–Crippen MR) is 50.7 cm³/mol. The summed E-state index contributed by atoms with van der Waals surface area (Å²) in [6.07, 6.45) is 2.02. The van der Waals surface area contributed by atoms with Crippen molar-refractivity contribution in [1.29, 1.82) is 0 Å². The summed E-state index contributed by atoms with van der Waals surface area (Å²) in [6.45, 7) is 0.303. The Kier molecular flexibility index (Phi) is 3.97. The highest BCUT2D eigenvalue weighted by Crippen LogP contribution is 2.26. The molecule has 0 amide bonds. The fourth-order valence-electron chi connectivity index (χ4n) is 0.860. The van der Waals surface area contributed by atoms with Crippen molar-refractivity contribution in [1.82, 2.24) is 0 Å². The van der Waals surface area contributed by atoms with Crippen molar-refractivity contribution >= 4 is 11.8 Å². The second-order valence-electron chi connectivity index (χ2n) is 2.20. The quantitative estimate of drug-likeness (QED) is 0.529. The van der Waals surface area contributed by atoms with Crippen LogP contribution in [0.25, 0.3) is 0 Å². The number of rotatable bonds is 4. The third-order valence-corrected chi connectivity index (χ3v) is 2.18. The fourth-order valence-corrected chi connectivity index (χ4v) is 1.40. The van der Waals surface area contributed by atoms with Gasteiger partial charge in [-0.3, -0.25) is 0 Å². The molecule has 0 radical (unpaired) electrons. The van der Waals surface area contributed by atoms with E-state index in [0.29, 0.717) is 6.79 Å². The summed E-state index contributed by atoms with van der Waals surface area (Å²) < 4.78 is 10.1. The van der Waals surface area contributed by atoms with E-state index in [-0.39, 0.29) is 0 Å². The van der Waals surface area contributed by atoms with Crippen LogP contribution in [0.1, 0.15) is 0 Å². The normalized spacial score (nSPS) is 9.83. The second-order valence-corrected chi connectivity index (χ2v) is 3.05. The lowest BCUT2D eigenvalue weighted by atomic mass is 10.3. The molecule has 0 saturated carbocycles. The lowest BCUT2D eigenvalue weighted by molar-refractivity contribution is 0.0491. The molecule has 0 aliphatic rings. The minimum atomic E-state index is 0.303. The van der Waals surface area contributed by atoms with Gasteiger partial charge in [0.2, 0.25) is 0 Å². The van der Waals surface area contributed by atoms with Crippen molar-refractivity contribution in [3.8, 4) is 5.75 Å². The number of hydrogen-bond donors (Lipinski definition) is 0. The molecule has 0 heterocycles. The van der Waals surface area contributed by atoms with E-state index in [1.54, 1.807) is 18.9 Å². The van der Waals surface area contributed by atoms with Crippen LogP contribution in [0.2, 0.25) is 0 Å². The van der Waals surface area contributed by atoms with Crippen LogP contribution >= 0.6 is 11.8 Å². The Morgan fingerprint density at radius 1 is 1.33 bits per heavy atom. The Morgan fingerprint density at radius 3 is 2.75 bits per heavy atom. The number of ether oxygens (including phenoxy) is 2. The maximum atomic E-state index is 5.33. The van der Waals surface area contributed by atoms with Gasteiger partial charge in [-0.2, -0.15) is 0 Å². The van der Waals surface area contributed by atoms with Gasteiger partial charge >= 0.3 is 0 Å². The SMILES string of the molecule is COCOc1ccccc1SC. The van der Waals surface area contributed by atoms with Gasteiger partial charge in [-0.05, 0) is 18.4 Å². The first-order valence-corrected chi connectivity index (χ1v) is 4.85. The molecule has 1 aromatic carbocycles. The number of para-hydroxylation sites is 1. The zero-order valence-corrected chi connectivity index (χ0v) is 8.06. The molecular weight excluding hydrogens is 172 g/mol. The molecule has 1 rings (SSSR count). The molecule has 0 fully saturated rings. The van der Waals surface area contributed by atoms with Crippen LogP contribution in [-0.4, -0.2) is 20.2 Å². The first kappa shape index (κ1) is 9.42. The van der Waals surface area contributed by atoms with Gasteiger partial charge in [0.15, 0.2) is 6.79 Å². The highest BCUT2D eigenvalue weighted by Gasteiger charge is 1.99. The zero-order chi connectivity index (χ0) is 8.81. The molecule has 66 valence electrons. The largest absolute Gasteiger partial charge is 0.466 e.